The molecule has 2 aromatic rings. The second-order valence-corrected chi connectivity index (χ2v) is 7.63. The van der Waals surface area contributed by atoms with E-state index in [1.54, 1.807) is 6.07 Å². The van der Waals surface area contributed by atoms with Gasteiger partial charge in [0.2, 0.25) is 0 Å². The van der Waals surface area contributed by atoms with Crippen molar-refractivity contribution in [3.63, 3.8) is 0 Å². The Morgan fingerprint density at radius 2 is 1.84 bits per heavy atom. The van der Waals surface area contributed by atoms with Gasteiger partial charge in [0.25, 0.3) is 0 Å². The number of rotatable bonds is 3. The number of para-hydroxylation sites is 1. The summed E-state index contributed by atoms with van der Waals surface area (Å²) in [4.78, 5) is 5.38. The smallest absolute Gasteiger partial charge is 0.146 e. The van der Waals surface area contributed by atoms with E-state index in [1.807, 2.05) is 18.2 Å². The first-order valence-corrected chi connectivity index (χ1v) is 9.49. The highest BCUT2D eigenvalue weighted by molar-refractivity contribution is 7.85. The highest BCUT2D eigenvalue weighted by Crippen LogP contribution is 2.27. The maximum absolute atomic E-state index is 13.9. The number of benzene rings is 2. The molecule has 1 atom stereocenters. The predicted octanol–water partition coefficient (Wildman–Crippen LogP) is 3.06. The lowest BCUT2D eigenvalue weighted by molar-refractivity contribution is 0.249. The van der Waals surface area contributed by atoms with Gasteiger partial charge in [0.05, 0.1) is 32.9 Å². The molecule has 2 heterocycles. The molecule has 0 radical (unpaired) electrons. The summed E-state index contributed by atoms with van der Waals surface area (Å²) in [6.45, 7) is 4.27. The Labute approximate surface area is 155 Å². The lowest BCUT2D eigenvalue weighted by Gasteiger charge is -2.36. The van der Waals surface area contributed by atoms with E-state index in [4.69, 9.17) is 0 Å². The Balaban J connectivity index is 0.00000182. The summed E-state index contributed by atoms with van der Waals surface area (Å²) >= 11 is 0. The molecule has 1 unspecified atom stereocenters. The van der Waals surface area contributed by atoms with Crippen molar-refractivity contribution in [1.82, 2.24) is 4.90 Å². The fraction of sp³-hybridized carbons (Fsp3) is 0.333. The normalized spacial score (nSPS) is 19.9. The summed E-state index contributed by atoms with van der Waals surface area (Å²) < 4.78 is 25.8. The van der Waals surface area contributed by atoms with Crippen LogP contribution in [0.15, 0.2) is 47.4 Å². The second-order valence-electron chi connectivity index (χ2n) is 6.21. The van der Waals surface area contributed by atoms with Gasteiger partial charge in [-0.05, 0) is 29.8 Å². The maximum atomic E-state index is 13.9. The van der Waals surface area contributed by atoms with Crippen LogP contribution in [0.2, 0.25) is 0 Å². The van der Waals surface area contributed by atoms with E-state index in [0.717, 1.165) is 43.3 Å². The molecule has 0 spiro atoms. The van der Waals surface area contributed by atoms with Crippen molar-refractivity contribution in [3.05, 3.63) is 53.8 Å². The SMILES string of the molecule is Cl.O=S1CNc2ccc(CN3CCN(c4ccccc4F)CC3)cc21. The number of hydrogen-bond acceptors (Lipinski definition) is 4. The number of fused-ring (bicyclic) bond motifs is 1. The molecule has 2 aromatic carbocycles. The maximum Gasteiger partial charge on any atom is 0.146 e. The van der Waals surface area contributed by atoms with Gasteiger partial charge in [-0.15, -0.1) is 12.4 Å². The van der Waals surface area contributed by atoms with Crippen LogP contribution < -0.4 is 10.2 Å². The van der Waals surface area contributed by atoms with Gasteiger partial charge in [0, 0.05) is 32.7 Å². The average molecular weight is 382 g/mol. The Morgan fingerprint density at radius 3 is 2.60 bits per heavy atom. The van der Waals surface area contributed by atoms with Gasteiger partial charge in [0.15, 0.2) is 0 Å². The van der Waals surface area contributed by atoms with E-state index in [-0.39, 0.29) is 18.2 Å². The van der Waals surface area contributed by atoms with Crippen LogP contribution in [0.5, 0.6) is 0 Å². The number of anilines is 2. The Morgan fingerprint density at radius 1 is 1.08 bits per heavy atom. The molecule has 0 aromatic heterocycles. The average Bonchev–Trinajstić information content (AvgIpc) is 2.97. The molecule has 4 rings (SSSR count). The zero-order valence-corrected chi connectivity index (χ0v) is 15.4. The largest absolute Gasteiger partial charge is 0.372 e. The van der Waals surface area contributed by atoms with Crippen LogP contribution in [0, 0.1) is 5.82 Å². The zero-order chi connectivity index (χ0) is 16.5. The molecule has 2 aliphatic heterocycles. The molecule has 25 heavy (non-hydrogen) atoms. The number of nitrogens with zero attached hydrogens (tertiary/aromatic N) is 2. The van der Waals surface area contributed by atoms with Gasteiger partial charge in [-0.25, -0.2) is 4.39 Å². The highest BCUT2D eigenvalue weighted by Gasteiger charge is 2.21. The third-order valence-corrected chi connectivity index (χ3v) is 5.89. The molecule has 0 saturated carbocycles. The molecule has 2 aliphatic rings. The lowest BCUT2D eigenvalue weighted by atomic mass is 10.1. The summed E-state index contributed by atoms with van der Waals surface area (Å²) in [5.41, 5.74) is 2.86. The van der Waals surface area contributed by atoms with Crippen LogP contribution in [0.25, 0.3) is 0 Å². The van der Waals surface area contributed by atoms with Gasteiger partial charge in [0.1, 0.15) is 5.82 Å². The van der Waals surface area contributed by atoms with Crippen molar-refractivity contribution >= 4 is 34.6 Å². The van der Waals surface area contributed by atoms with Crippen molar-refractivity contribution < 1.29 is 8.60 Å². The number of piperazine rings is 1. The minimum Gasteiger partial charge on any atom is -0.372 e. The van der Waals surface area contributed by atoms with Crippen molar-refractivity contribution in [2.45, 2.75) is 11.4 Å². The van der Waals surface area contributed by atoms with E-state index in [0.29, 0.717) is 11.6 Å². The van der Waals surface area contributed by atoms with Crippen molar-refractivity contribution in [3.8, 4) is 0 Å². The first kappa shape index (κ1) is 18.2. The number of hydrogen-bond donors (Lipinski definition) is 1. The molecule has 0 bridgehead atoms. The van der Waals surface area contributed by atoms with Crippen LogP contribution in [-0.4, -0.2) is 41.2 Å². The highest BCUT2D eigenvalue weighted by atomic mass is 35.5. The standard InChI is InChI=1S/C18H20FN3OS.ClH/c19-15-3-1-2-4-17(15)22-9-7-21(8-10-22)12-14-5-6-16-18(11-14)24(23)13-20-16;/h1-6,11,20H,7-10,12-13H2;1H. The molecule has 1 saturated heterocycles. The van der Waals surface area contributed by atoms with E-state index in [2.05, 4.69) is 27.2 Å². The summed E-state index contributed by atoms with van der Waals surface area (Å²) in [5, 5.41) is 3.15. The summed E-state index contributed by atoms with van der Waals surface area (Å²) in [6.07, 6.45) is 0. The third kappa shape index (κ3) is 3.81. The molecular weight excluding hydrogens is 361 g/mol. The topological polar surface area (TPSA) is 35.6 Å². The Bertz CT molecular complexity index is 781. The van der Waals surface area contributed by atoms with Gasteiger partial charge >= 0.3 is 0 Å². The van der Waals surface area contributed by atoms with E-state index in [9.17, 15) is 8.60 Å². The summed E-state index contributed by atoms with van der Waals surface area (Å²) in [5.74, 6) is 0.361. The van der Waals surface area contributed by atoms with Gasteiger partial charge in [-0.2, -0.15) is 0 Å². The molecule has 0 amide bonds. The number of nitrogens with one attached hydrogen (secondary N) is 1. The quantitative estimate of drug-likeness (QED) is 0.886. The molecule has 7 heteroatoms. The van der Waals surface area contributed by atoms with E-state index >= 15 is 0 Å². The van der Waals surface area contributed by atoms with Crippen LogP contribution in [0.4, 0.5) is 15.8 Å². The van der Waals surface area contributed by atoms with E-state index < -0.39 is 10.8 Å². The predicted molar refractivity (Wildman–Crippen MR) is 102 cm³/mol. The fourth-order valence-electron chi connectivity index (χ4n) is 3.33. The molecule has 1 N–H and O–H groups in total. The molecule has 4 nitrogen and oxygen atoms in total. The van der Waals surface area contributed by atoms with Crippen molar-refractivity contribution in [2.24, 2.45) is 0 Å². The van der Waals surface area contributed by atoms with Crippen molar-refractivity contribution in [2.75, 3.05) is 42.3 Å². The van der Waals surface area contributed by atoms with Crippen LogP contribution in [-0.2, 0) is 17.3 Å². The molecule has 134 valence electrons. The Hall–Kier alpha value is -1.63. The molecule has 0 aliphatic carbocycles. The van der Waals surface area contributed by atoms with Gasteiger partial charge in [-0.3, -0.25) is 9.11 Å². The minimum absolute atomic E-state index is 0. The van der Waals surface area contributed by atoms with Crippen LogP contribution >= 0.6 is 12.4 Å². The fourth-order valence-corrected chi connectivity index (χ4v) is 4.44. The Kier molecular flexibility index (Phi) is 5.61. The van der Waals surface area contributed by atoms with Crippen LogP contribution in [0.1, 0.15) is 5.56 Å². The first-order valence-electron chi connectivity index (χ1n) is 8.18. The first-order chi connectivity index (χ1) is 11.7. The van der Waals surface area contributed by atoms with Crippen LogP contribution in [0.3, 0.4) is 0 Å². The summed E-state index contributed by atoms with van der Waals surface area (Å²) in [7, 11) is -0.927. The summed E-state index contributed by atoms with van der Waals surface area (Å²) in [6, 6.07) is 13.1. The molecule has 1 fully saturated rings. The monoisotopic (exact) mass is 381 g/mol. The zero-order valence-electron chi connectivity index (χ0n) is 13.8. The minimum atomic E-state index is -0.927. The third-order valence-electron chi connectivity index (χ3n) is 4.66. The van der Waals surface area contributed by atoms with Gasteiger partial charge < -0.3 is 10.2 Å². The molecular formula is C18H21ClFN3OS. The van der Waals surface area contributed by atoms with Crippen molar-refractivity contribution in [1.29, 1.82) is 0 Å². The van der Waals surface area contributed by atoms with Gasteiger partial charge in [-0.1, -0.05) is 18.2 Å². The van der Waals surface area contributed by atoms with E-state index in [1.165, 1.54) is 11.6 Å². The lowest BCUT2D eigenvalue weighted by Crippen LogP contribution is -2.46. The second kappa shape index (κ2) is 7.72. The number of halogens is 2.